The molecule has 144 valence electrons. The van der Waals surface area contributed by atoms with Gasteiger partial charge in [0.05, 0.1) is 19.4 Å². The van der Waals surface area contributed by atoms with Crippen LogP contribution >= 0.6 is 0 Å². The standard InChI is InChI=1S/C22H27NO4/c1-14-9-15(2)19(16(3)10-14)12-21(24)23-13-18(22(25)26)11-17-7-5-6-8-20(17)27-4/h5-10,18H,11-13H2,1-4H3,(H,23,24)(H,25,26). The van der Waals surface area contributed by atoms with Crippen LogP contribution in [0.5, 0.6) is 5.75 Å². The molecular formula is C22H27NO4. The Bertz CT molecular complexity index is 806. The molecule has 2 aromatic carbocycles. The van der Waals surface area contributed by atoms with Gasteiger partial charge >= 0.3 is 5.97 Å². The number of amides is 1. The number of para-hydroxylation sites is 1. The lowest BCUT2D eigenvalue weighted by Gasteiger charge is -2.16. The molecule has 2 aromatic rings. The van der Waals surface area contributed by atoms with Gasteiger partial charge in [0.1, 0.15) is 5.75 Å². The van der Waals surface area contributed by atoms with Crippen LogP contribution in [0.4, 0.5) is 0 Å². The second kappa shape index (κ2) is 9.21. The average Bonchev–Trinajstić information content (AvgIpc) is 2.61. The molecule has 1 unspecified atom stereocenters. The largest absolute Gasteiger partial charge is 0.496 e. The number of nitrogens with one attached hydrogen (secondary N) is 1. The van der Waals surface area contributed by atoms with Gasteiger partial charge in [-0.3, -0.25) is 9.59 Å². The number of ether oxygens (including phenoxy) is 1. The van der Waals surface area contributed by atoms with Gasteiger partial charge in [-0.05, 0) is 55.5 Å². The maximum Gasteiger partial charge on any atom is 0.308 e. The topological polar surface area (TPSA) is 75.6 Å². The molecule has 0 saturated carbocycles. The smallest absolute Gasteiger partial charge is 0.308 e. The van der Waals surface area contributed by atoms with Crippen LogP contribution in [-0.4, -0.2) is 30.6 Å². The van der Waals surface area contributed by atoms with E-state index in [9.17, 15) is 14.7 Å². The second-order valence-electron chi connectivity index (χ2n) is 6.91. The second-order valence-corrected chi connectivity index (χ2v) is 6.91. The van der Waals surface area contributed by atoms with Crippen LogP contribution < -0.4 is 10.1 Å². The van der Waals surface area contributed by atoms with Gasteiger partial charge in [-0.1, -0.05) is 35.9 Å². The Morgan fingerprint density at radius 1 is 1.11 bits per heavy atom. The third-order valence-electron chi connectivity index (χ3n) is 4.73. The molecule has 0 spiro atoms. The number of rotatable bonds is 8. The molecule has 0 fully saturated rings. The summed E-state index contributed by atoms with van der Waals surface area (Å²) < 4.78 is 5.29. The lowest BCUT2D eigenvalue weighted by Crippen LogP contribution is -2.35. The van der Waals surface area contributed by atoms with Crippen molar-refractivity contribution in [1.29, 1.82) is 0 Å². The average molecular weight is 369 g/mol. The minimum atomic E-state index is -0.941. The van der Waals surface area contributed by atoms with Crippen molar-refractivity contribution in [3.05, 3.63) is 64.2 Å². The molecule has 0 aliphatic rings. The van der Waals surface area contributed by atoms with Crippen molar-refractivity contribution in [3.8, 4) is 5.75 Å². The molecule has 0 aliphatic carbocycles. The number of carbonyl (C=O) groups excluding carboxylic acids is 1. The Hall–Kier alpha value is -2.82. The molecule has 2 rings (SSSR count). The highest BCUT2D eigenvalue weighted by molar-refractivity contribution is 5.80. The molecule has 5 heteroatoms. The number of benzene rings is 2. The van der Waals surface area contributed by atoms with Gasteiger partial charge in [-0.15, -0.1) is 0 Å². The van der Waals surface area contributed by atoms with E-state index in [1.807, 2.05) is 39.0 Å². The quantitative estimate of drug-likeness (QED) is 0.749. The van der Waals surface area contributed by atoms with Crippen molar-refractivity contribution in [3.63, 3.8) is 0 Å². The van der Waals surface area contributed by atoms with Gasteiger partial charge < -0.3 is 15.2 Å². The summed E-state index contributed by atoms with van der Waals surface area (Å²) in [7, 11) is 1.56. The number of hydrogen-bond donors (Lipinski definition) is 2. The highest BCUT2D eigenvalue weighted by atomic mass is 16.5. The third kappa shape index (κ3) is 5.58. The predicted molar refractivity (Wildman–Crippen MR) is 105 cm³/mol. The monoisotopic (exact) mass is 369 g/mol. The summed E-state index contributed by atoms with van der Waals surface area (Å²) in [5, 5.41) is 12.3. The van der Waals surface area contributed by atoms with Gasteiger partial charge in [0, 0.05) is 6.54 Å². The van der Waals surface area contributed by atoms with Crippen LogP contribution in [0.1, 0.15) is 27.8 Å². The van der Waals surface area contributed by atoms with E-state index in [0.717, 1.165) is 27.8 Å². The van der Waals surface area contributed by atoms with E-state index < -0.39 is 11.9 Å². The molecule has 0 saturated heterocycles. The zero-order valence-corrected chi connectivity index (χ0v) is 16.3. The first-order chi connectivity index (χ1) is 12.8. The van der Waals surface area contributed by atoms with E-state index in [2.05, 4.69) is 17.4 Å². The summed E-state index contributed by atoms with van der Waals surface area (Å²) in [5.41, 5.74) is 5.12. The van der Waals surface area contributed by atoms with E-state index in [0.29, 0.717) is 12.2 Å². The van der Waals surface area contributed by atoms with Crippen molar-refractivity contribution in [2.45, 2.75) is 33.6 Å². The van der Waals surface area contributed by atoms with Gasteiger partial charge in [0.15, 0.2) is 0 Å². The lowest BCUT2D eigenvalue weighted by atomic mass is 9.96. The molecule has 1 amide bonds. The van der Waals surface area contributed by atoms with Crippen molar-refractivity contribution in [2.75, 3.05) is 13.7 Å². The molecule has 0 bridgehead atoms. The summed E-state index contributed by atoms with van der Waals surface area (Å²) in [6.45, 7) is 6.09. The van der Waals surface area contributed by atoms with Crippen LogP contribution in [0.3, 0.4) is 0 Å². The Kier molecular flexibility index (Phi) is 6.99. The van der Waals surface area contributed by atoms with Crippen LogP contribution in [0.2, 0.25) is 0 Å². The van der Waals surface area contributed by atoms with Crippen molar-refractivity contribution < 1.29 is 19.4 Å². The molecule has 0 radical (unpaired) electrons. The van der Waals surface area contributed by atoms with Crippen molar-refractivity contribution in [2.24, 2.45) is 5.92 Å². The number of carboxylic acid groups (broad SMARTS) is 1. The SMILES string of the molecule is COc1ccccc1CC(CNC(=O)Cc1c(C)cc(C)cc1C)C(=O)O. The zero-order valence-electron chi connectivity index (χ0n) is 16.3. The van der Waals surface area contributed by atoms with E-state index in [1.54, 1.807) is 13.2 Å². The van der Waals surface area contributed by atoms with E-state index in [-0.39, 0.29) is 18.9 Å². The summed E-state index contributed by atoms with van der Waals surface area (Å²) in [4.78, 5) is 24.0. The Morgan fingerprint density at radius 2 is 1.74 bits per heavy atom. The number of aliphatic carboxylic acids is 1. The molecule has 1 atom stereocenters. The normalized spacial score (nSPS) is 11.7. The van der Waals surface area contributed by atoms with Gasteiger partial charge in [-0.2, -0.15) is 0 Å². The molecule has 0 heterocycles. The summed E-state index contributed by atoms with van der Waals surface area (Å²) in [5.74, 6) is -1.17. The molecular weight excluding hydrogens is 342 g/mol. The zero-order chi connectivity index (χ0) is 20.0. The fourth-order valence-corrected chi connectivity index (χ4v) is 3.33. The Morgan fingerprint density at radius 3 is 2.33 bits per heavy atom. The number of carboxylic acids is 1. The first kappa shape index (κ1) is 20.5. The first-order valence-electron chi connectivity index (χ1n) is 9.00. The number of aryl methyl sites for hydroxylation is 3. The lowest BCUT2D eigenvalue weighted by molar-refractivity contribution is -0.141. The summed E-state index contributed by atoms with van der Waals surface area (Å²) in [6, 6.07) is 11.4. The predicted octanol–water partition coefficient (Wildman–Crippen LogP) is 3.22. The van der Waals surface area contributed by atoms with Gasteiger partial charge in [0.2, 0.25) is 5.91 Å². The fourth-order valence-electron chi connectivity index (χ4n) is 3.33. The van der Waals surface area contributed by atoms with E-state index in [1.165, 1.54) is 0 Å². The molecule has 0 aliphatic heterocycles. The fraction of sp³-hybridized carbons (Fsp3) is 0.364. The first-order valence-corrected chi connectivity index (χ1v) is 9.00. The van der Waals surface area contributed by atoms with Crippen LogP contribution in [-0.2, 0) is 22.4 Å². The summed E-state index contributed by atoms with van der Waals surface area (Å²) in [6.07, 6.45) is 0.543. The third-order valence-corrected chi connectivity index (χ3v) is 4.73. The van der Waals surface area contributed by atoms with Crippen LogP contribution in [0, 0.1) is 26.7 Å². The van der Waals surface area contributed by atoms with Crippen molar-refractivity contribution >= 4 is 11.9 Å². The summed E-state index contributed by atoms with van der Waals surface area (Å²) >= 11 is 0. The van der Waals surface area contributed by atoms with Crippen LogP contribution in [0.25, 0.3) is 0 Å². The number of carbonyl (C=O) groups is 2. The molecule has 5 nitrogen and oxygen atoms in total. The highest BCUT2D eigenvalue weighted by Gasteiger charge is 2.21. The van der Waals surface area contributed by atoms with Crippen molar-refractivity contribution in [1.82, 2.24) is 5.32 Å². The van der Waals surface area contributed by atoms with Crippen LogP contribution in [0.15, 0.2) is 36.4 Å². The molecule has 0 aromatic heterocycles. The van der Waals surface area contributed by atoms with Gasteiger partial charge in [-0.25, -0.2) is 0 Å². The minimum absolute atomic E-state index is 0.0795. The maximum absolute atomic E-state index is 12.4. The molecule has 27 heavy (non-hydrogen) atoms. The minimum Gasteiger partial charge on any atom is -0.496 e. The Labute approximate surface area is 160 Å². The molecule has 2 N–H and O–H groups in total. The number of hydrogen-bond acceptors (Lipinski definition) is 3. The van der Waals surface area contributed by atoms with Gasteiger partial charge in [0.25, 0.3) is 0 Å². The number of methoxy groups -OCH3 is 1. The maximum atomic E-state index is 12.4. The Balaban J connectivity index is 2.02. The highest BCUT2D eigenvalue weighted by Crippen LogP contribution is 2.21. The van der Waals surface area contributed by atoms with E-state index >= 15 is 0 Å². The van der Waals surface area contributed by atoms with E-state index in [4.69, 9.17) is 4.74 Å².